The molecule has 2 aromatic rings. The van der Waals surface area contributed by atoms with Crippen LogP contribution in [-0.4, -0.2) is 36.0 Å². The summed E-state index contributed by atoms with van der Waals surface area (Å²) in [5.74, 6) is -1.48. The first kappa shape index (κ1) is 16.8. The lowest BCUT2D eigenvalue weighted by atomic mass is 10.1. The summed E-state index contributed by atoms with van der Waals surface area (Å²) < 4.78 is 5.33. The number of phenols is 1. The molecule has 0 unspecified atom stereocenters. The maximum absolute atomic E-state index is 12.3. The number of hydrogen-bond acceptors (Lipinski definition) is 4. The molecule has 120 valence electrons. The molecular formula is C17H16ClNO4. The number of carbonyl (C=O) groups excluding carboxylic acids is 2. The van der Waals surface area contributed by atoms with Gasteiger partial charge >= 0.3 is 5.97 Å². The number of aromatic hydroxyl groups is 1. The van der Waals surface area contributed by atoms with Crippen molar-refractivity contribution in [3.8, 4) is 5.75 Å². The van der Waals surface area contributed by atoms with Crippen molar-refractivity contribution in [1.29, 1.82) is 0 Å². The third-order valence-corrected chi connectivity index (χ3v) is 3.41. The van der Waals surface area contributed by atoms with Gasteiger partial charge in [0.1, 0.15) is 11.3 Å². The van der Waals surface area contributed by atoms with Gasteiger partial charge in [0.05, 0.1) is 0 Å². The molecule has 0 aliphatic rings. The monoisotopic (exact) mass is 333 g/mol. The summed E-state index contributed by atoms with van der Waals surface area (Å²) in [6.45, 7) is 0. The Morgan fingerprint density at radius 3 is 2.35 bits per heavy atom. The van der Waals surface area contributed by atoms with Crippen LogP contribution in [0.4, 0.5) is 0 Å². The standard InChI is InChI=1S/C17H16ClNO4/c1-19(2)16(21)15(11-6-4-3-5-7-11)23-17(22)13-9-8-12(18)10-14(13)20/h3-10,15,20H,1-2H3/t15-/m1/s1. The van der Waals surface area contributed by atoms with Gasteiger partial charge in [0.15, 0.2) is 0 Å². The molecule has 1 amide bonds. The van der Waals surface area contributed by atoms with Crippen molar-refractivity contribution in [2.75, 3.05) is 14.1 Å². The fourth-order valence-electron chi connectivity index (χ4n) is 1.97. The maximum Gasteiger partial charge on any atom is 0.343 e. The molecule has 2 aromatic carbocycles. The molecule has 0 bridgehead atoms. The van der Waals surface area contributed by atoms with Crippen LogP contribution in [0.5, 0.6) is 5.75 Å². The third kappa shape index (κ3) is 4.02. The smallest absolute Gasteiger partial charge is 0.343 e. The Balaban J connectivity index is 2.30. The van der Waals surface area contributed by atoms with Crippen LogP contribution in [0.25, 0.3) is 0 Å². The normalized spacial score (nSPS) is 11.6. The molecule has 0 aliphatic carbocycles. The SMILES string of the molecule is CN(C)C(=O)[C@H](OC(=O)c1ccc(Cl)cc1O)c1ccccc1. The van der Waals surface area contributed by atoms with Crippen molar-refractivity contribution in [1.82, 2.24) is 4.90 Å². The molecule has 0 aromatic heterocycles. The van der Waals surface area contributed by atoms with Crippen molar-refractivity contribution in [2.24, 2.45) is 0 Å². The van der Waals surface area contributed by atoms with Gasteiger partial charge in [-0.3, -0.25) is 4.79 Å². The van der Waals surface area contributed by atoms with E-state index >= 15 is 0 Å². The van der Waals surface area contributed by atoms with Gasteiger partial charge in [-0.1, -0.05) is 41.9 Å². The Labute approximate surface area is 139 Å². The van der Waals surface area contributed by atoms with Crippen molar-refractivity contribution >= 4 is 23.5 Å². The number of nitrogens with zero attached hydrogens (tertiary/aromatic N) is 1. The Morgan fingerprint density at radius 1 is 1.13 bits per heavy atom. The fraction of sp³-hybridized carbons (Fsp3) is 0.176. The number of hydrogen-bond donors (Lipinski definition) is 1. The highest BCUT2D eigenvalue weighted by Gasteiger charge is 2.27. The number of halogens is 1. The quantitative estimate of drug-likeness (QED) is 0.873. The molecule has 0 radical (unpaired) electrons. The molecule has 0 heterocycles. The lowest BCUT2D eigenvalue weighted by Crippen LogP contribution is -2.31. The summed E-state index contributed by atoms with van der Waals surface area (Å²) in [6.07, 6.45) is -1.09. The minimum atomic E-state index is -1.09. The molecule has 2 rings (SSSR count). The summed E-state index contributed by atoms with van der Waals surface area (Å²) >= 11 is 5.74. The molecule has 5 nitrogen and oxygen atoms in total. The van der Waals surface area contributed by atoms with Crippen molar-refractivity contribution < 1.29 is 19.4 Å². The average Bonchev–Trinajstić information content (AvgIpc) is 2.52. The van der Waals surface area contributed by atoms with Crippen molar-refractivity contribution in [3.05, 3.63) is 64.7 Å². The first-order valence-electron chi connectivity index (χ1n) is 6.85. The number of phenolic OH excluding ortho intramolecular Hbond substituents is 1. The van der Waals surface area contributed by atoms with Crippen molar-refractivity contribution in [2.45, 2.75) is 6.10 Å². The first-order valence-corrected chi connectivity index (χ1v) is 7.23. The number of rotatable bonds is 4. The highest BCUT2D eigenvalue weighted by Crippen LogP contribution is 2.26. The van der Waals surface area contributed by atoms with Crippen LogP contribution in [0.1, 0.15) is 22.0 Å². The molecule has 6 heteroatoms. The molecule has 0 aliphatic heterocycles. The van der Waals surface area contributed by atoms with Gasteiger partial charge in [-0.25, -0.2) is 4.79 Å². The van der Waals surface area contributed by atoms with Gasteiger partial charge in [-0.15, -0.1) is 0 Å². The van der Waals surface area contributed by atoms with E-state index in [1.165, 1.54) is 23.1 Å². The second-order valence-electron chi connectivity index (χ2n) is 5.09. The average molecular weight is 334 g/mol. The van der Waals surface area contributed by atoms with Gasteiger partial charge < -0.3 is 14.7 Å². The van der Waals surface area contributed by atoms with E-state index in [2.05, 4.69) is 0 Å². The highest BCUT2D eigenvalue weighted by molar-refractivity contribution is 6.30. The van der Waals surface area contributed by atoms with E-state index in [0.29, 0.717) is 10.6 Å². The van der Waals surface area contributed by atoms with Gasteiger partial charge in [0.25, 0.3) is 5.91 Å². The number of amides is 1. The molecule has 1 N–H and O–H groups in total. The summed E-state index contributed by atoms with van der Waals surface area (Å²) in [5.41, 5.74) is 0.495. The first-order chi connectivity index (χ1) is 10.9. The van der Waals surface area contributed by atoms with E-state index in [-0.39, 0.29) is 17.2 Å². The van der Waals surface area contributed by atoms with E-state index in [1.54, 1.807) is 44.4 Å². The number of esters is 1. The van der Waals surface area contributed by atoms with Gasteiger partial charge in [0.2, 0.25) is 6.10 Å². The largest absolute Gasteiger partial charge is 0.507 e. The predicted molar refractivity (Wildman–Crippen MR) is 86.4 cm³/mol. The topological polar surface area (TPSA) is 66.8 Å². The molecule has 0 spiro atoms. The molecule has 1 atom stereocenters. The van der Waals surface area contributed by atoms with Gasteiger partial charge in [-0.2, -0.15) is 0 Å². The van der Waals surface area contributed by atoms with E-state index < -0.39 is 12.1 Å². The van der Waals surface area contributed by atoms with Crippen LogP contribution in [0.2, 0.25) is 5.02 Å². The molecular weight excluding hydrogens is 318 g/mol. The highest BCUT2D eigenvalue weighted by atomic mass is 35.5. The van der Waals surface area contributed by atoms with Crippen LogP contribution >= 0.6 is 11.6 Å². The Bertz CT molecular complexity index is 716. The van der Waals surface area contributed by atoms with E-state index in [4.69, 9.17) is 16.3 Å². The second kappa shape index (κ2) is 7.15. The molecule has 0 fully saturated rings. The fourth-order valence-corrected chi connectivity index (χ4v) is 2.14. The summed E-state index contributed by atoms with van der Waals surface area (Å²) in [5, 5.41) is 10.1. The van der Waals surface area contributed by atoms with Crippen LogP contribution in [0, 0.1) is 0 Å². The van der Waals surface area contributed by atoms with E-state index in [1.807, 2.05) is 0 Å². The minimum absolute atomic E-state index is 0.0538. The predicted octanol–water partition coefficient (Wildman–Crippen LogP) is 3.03. The zero-order chi connectivity index (χ0) is 17.0. The van der Waals surface area contributed by atoms with Crippen molar-refractivity contribution in [3.63, 3.8) is 0 Å². The van der Waals surface area contributed by atoms with Crippen LogP contribution < -0.4 is 0 Å². The number of carbonyl (C=O) groups is 2. The molecule has 0 saturated carbocycles. The van der Waals surface area contributed by atoms with Gasteiger partial charge in [0, 0.05) is 24.7 Å². The maximum atomic E-state index is 12.3. The number of ether oxygens (including phenoxy) is 1. The summed E-state index contributed by atoms with van der Waals surface area (Å²) in [7, 11) is 3.15. The Kier molecular flexibility index (Phi) is 5.24. The zero-order valence-electron chi connectivity index (χ0n) is 12.7. The van der Waals surface area contributed by atoms with Crippen LogP contribution in [0.3, 0.4) is 0 Å². The number of likely N-dealkylation sites (N-methyl/N-ethyl adjacent to an activating group) is 1. The summed E-state index contributed by atoms with van der Waals surface area (Å²) in [6, 6.07) is 12.7. The summed E-state index contributed by atoms with van der Waals surface area (Å²) in [4.78, 5) is 25.9. The minimum Gasteiger partial charge on any atom is -0.507 e. The number of benzene rings is 2. The molecule has 0 saturated heterocycles. The Morgan fingerprint density at radius 2 is 1.78 bits per heavy atom. The zero-order valence-corrected chi connectivity index (χ0v) is 13.4. The third-order valence-electron chi connectivity index (χ3n) is 3.17. The van der Waals surface area contributed by atoms with Crippen LogP contribution in [-0.2, 0) is 9.53 Å². The second-order valence-corrected chi connectivity index (χ2v) is 5.53. The Hall–Kier alpha value is -2.53. The lowest BCUT2D eigenvalue weighted by molar-refractivity contribution is -0.138. The van der Waals surface area contributed by atoms with E-state index in [9.17, 15) is 14.7 Å². The molecule has 23 heavy (non-hydrogen) atoms. The van der Waals surface area contributed by atoms with Gasteiger partial charge in [-0.05, 0) is 18.2 Å². The van der Waals surface area contributed by atoms with E-state index in [0.717, 1.165) is 0 Å². The van der Waals surface area contributed by atoms with Crippen LogP contribution in [0.15, 0.2) is 48.5 Å². The lowest BCUT2D eigenvalue weighted by Gasteiger charge is -2.21.